The molecule has 144 valence electrons. The van der Waals surface area contributed by atoms with Crippen LogP contribution in [-0.2, 0) is 19.4 Å². The van der Waals surface area contributed by atoms with Crippen LogP contribution in [-0.4, -0.2) is 34.6 Å². The second-order valence-electron chi connectivity index (χ2n) is 6.92. The van der Waals surface area contributed by atoms with Crippen molar-refractivity contribution in [2.45, 2.75) is 26.3 Å². The molecule has 4 heteroatoms. The summed E-state index contributed by atoms with van der Waals surface area (Å²) < 4.78 is 0. The van der Waals surface area contributed by atoms with E-state index in [0.717, 1.165) is 28.8 Å². The van der Waals surface area contributed by atoms with Gasteiger partial charge in [0.1, 0.15) is 0 Å². The summed E-state index contributed by atoms with van der Waals surface area (Å²) in [6.07, 6.45) is 3.49. The molecule has 0 saturated carbocycles. The fraction of sp³-hybridized carbons (Fsp3) is 0.250. The standard InChI is InChI=1S/C24H26N2O2/c1-3-18-6-13-23(25-16-18)17-26(2)24(28)22-11-9-21(10-12-22)20-7-4-19(5-8-20)14-15-27/h4-13,16,27H,3,14-15,17H2,1-2H3. The molecule has 2 aromatic carbocycles. The molecule has 1 aromatic heterocycles. The van der Waals surface area contributed by atoms with Crippen molar-refractivity contribution in [3.05, 3.63) is 89.2 Å². The number of benzene rings is 2. The number of aryl methyl sites for hydroxylation is 1. The van der Waals surface area contributed by atoms with Gasteiger partial charge in [0.2, 0.25) is 0 Å². The van der Waals surface area contributed by atoms with Crippen molar-refractivity contribution < 1.29 is 9.90 Å². The number of amides is 1. The first kappa shape index (κ1) is 19.8. The van der Waals surface area contributed by atoms with E-state index in [4.69, 9.17) is 5.11 Å². The molecule has 0 fully saturated rings. The highest BCUT2D eigenvalue weighted by Gasteiger charge is 2.13. The van der Waals surface area contributed by atoms with E-state index in [-0.39, 0.29) is 12.5 Å². The average Bonchev–Trinajstić information content (AvgIpc) is 2.74. The summed E-state index contributed by atoms with van der Waals surface area (Å²) in [6, 6.07) is 19.8. The number of pyridine rings is 1. The lowest BCUT2D eigenvalue weighted by Crippen LogP contribution is -2.26. The van der Waals surface area contributed by atoms with Crippen molar-refractivity contribution in [1.29, 1.82) is 0 Å². The predicted octanol–water partition coefficient (Wildman–Crippen LogP) is 4.12. The van der Waals surface area contributed by atoms with Gasteiger partial charge in [-0.15, -0.1) is 0 Å². The van der Waals surface area contributed by atoms with Crippen molar-refractivity contribution in [2.24, 2.45) is 0 Å². The number of carbonyl (C=O) groups excluding carboxylic acids is 1. The van der Waals surface area contributed by atoms with Crippen LogP contribution in [0.15, 0.2) is 66.9 Å². The van der Waals surface area contributed by atoms with Gasteiger partial charge in [-0.3, -0.25) is 9.78 Å². The van der Waals surface area contributed by atoms with E-state index >= 15 is 0 Å². The Morgan fingerprint density at radius 3 is 2.07 bits per heavy atom. The van der Waals surface area contributed by atoms with E-state index in [0.29, 0.717) is 18.5 Å². The fourth-order valence-corrected chi connectivity index (χ4v) is 3.09. The zero-order valence-electron chi connectivity index (χ0n) is 16.4. The highest BCUT2D eigenvalue weighted by molar-refractivity contribution is 5.94. The summed E-state index contributed by atoms with van der Waals surface area (Å²) >= 11 is 0. The molecule has 0 unspecified atom stereocenters. The molecule has 0 aliphatic carbocycles. The number of hydrogen-bond donors (Lipinski definition) is 1. The number of aromatic nitrogens is 1. The molecule has 0 aliphatic heterocycles. The number of aliphatic hydroxyl groups is 1. The highest BCUT2D eigenvalue weighted by atomic mass is 16.3. The average molecular weight is 374 g/mol. The van der Waals surface area contributed by atoms with E-state index < -0.39 is 0 Å². The Balaban J connectivity index is 1.66. The molecular weight excluding hydrogens is 348 g/mol. The Hall–Kier alpha value is -2.98. The molecule has 0 radical (unpaired) electrons. The molecule has 28 heavy (non-hydrogen) atoms. The molecule has 0 spiro atoms. The van der Waals surface area contributed by atoms with Crippen LogP contribution in [0.5, 0.6) is 0 Å². The van der Waals surface area contributed by atoms with E-state index in [1.165, 1.54) is 5.56 Å². The lowest BCUT2D eigenvalue weighted by molar-refractivity contribution is 0.0783. The topological polar surface area (TPSA) is 53.4 Å². The van der Waals surface area contributed by atoms with Crippen molar-refractivity contribution in [3.63, 3.8) is 0 Å². The summed E-state index contributed by atoms with van der Waals surface area (Å²) in [4.78, 5) is 18.8. The first-order valence-electron chi connectivity index (χ1n) is 9.60. The van der Waals surface area contributed by atoms with Gasteiger partial charge in [-0.05, 0) is 53.3 Å². The zero-order valence-corrected chi connectivity index (χ0v) is 16.4. The molecule has 0 bridgehead atoms. The molecule has 0 aliphatic rings. The third-order valence-electron chi connectivity index (χ3n) is 4.86. The molecular formula is C24H26N2O2. The summed E-state index contributed by atoms with van der Waals surface area (Å²) in [5.41, 5.74) is 6.00. The van der Waals surface area contributed by atoms with E-state index in [1.54, 1.807) is 11.9 Å². The summed E-state index contributed by atoms with van der Waals surface area (Å²) in [6.45, 7) is 2.73. The predicted molar refractivity (Wildman–Crippen MR) is 112 cm³/mol. The van der Waals surface area contributed by atoms with Gasteiger partial charge in [-0.25, -0.2) is 0 Å². The maximum absolute atomic E-state index is 12.7. The summed E-state index contributed by atoms with van der Waals surface area (Å²) in [5, 5.41) is 9.01. The third kappa shape index (κ3) is 4.84. The van der Waals surface area contributed by atoms with Gasteiger partial charge in [0, 0.05) is 25.4 Å². The fourth-order valence-electron chi connectivity index (χ4n) is 3.09. The minimum atomic E-state index is -0.0220. The number of rotatable bonds is 7. The van der Waals surface area contributed by atoms with Gasteiger partial charge >= 0.3 is 0 Å². The minimum absolute atomic E-state index is 0.0220. The smallest absolute Gasteiger partial charge is 0.253 e. The quantitative estimate of drug-likeness (QED) is 0.677. The van der Waals surface area contributed by atoms with Crippen molar-refractivity contribution >= 4 is 5.91 Å². The van der Waals surface area contributed by atoms with Crippen LogP contribution >= 0.6 is 0 Å². The van der Waals surface area contributed by atoms with Crippen LogP contribution in [0, 0.1) is 0 Å². The van der Waals surface area contributed by atoms with Crippen LogP contribution in [0.4, 0.5) is 0 Å². The van der Waals surface area contributed by atoms with Gasteiger partial charge in [-0.1, -0.05) is 49.4 Å². The van der Waals surface area contributed by atoms with Crippen molar-refractivity contribution in [1.82, 2.24) is 9.88 Å². The van der Waals surface area contributed by atoms with E-state index in [1.807, 2.05) is 60.8 Å². The normalized spacial score (nSPS) is 10.7. The molecule has 3 rings (SSSR count). The van der Waals surface area contributed by atoms with Crippen molar-refractivity contribution in [3.8, 4) is 11.1 Å². The van der Waals surface area contributed by atoms with Crippen LogP contribution < -0.4 is 0 Å². The Morgan fingerprint density at radius 2 is 1.54 bits per heavy atom. The third-order valence-corrected chi connectivity index (χ3v) is 4.86. The number of aliphatic hydroxyl groups excluding tert-OH is 1. The molecule has 3 aromatic rings. The van der Waals surface area contributed by atoms with E-state index in [9.17, 15) is 4.79 Å². The molecule has 0 atom stereocenters. The number of nitrogens with zero attached hydrogens (tertiary/aromatic N) is 2. The van der Waals surface area contributed by atoms with Crippen LogP contribution in [0.2, 0.25) is 0 Å². The molecule has 4 nitrogen and oxygen atoms in total. The van der Waals surface area contributed by atoms with Crippen molar-refractivity contribution in [2.75, 3.05) is 13.7 Å². The maximum atomic E-state index is 12.7. The lowest BCUT2D eigenvalue weighted by Gasteiger charge is -2.17. The van der Waals surface area contributed by atoms with Gasteiger partial charge in [0.25, 0.3) is 5.91 Å². The highest BCUT2D eigenvalue weighted by Crippen LogP contribution is 2.21. The van der Waals surface area contributed by atoms with Crippen LogP contribution in [0.25, 0.3) is 11.1 Å². The number of hydrogen-bond acceptors (Lipinski definition) is 3. The summed E-state index contributed by atoms with van der Waals surface area (Å²) in [7, 11) is 1.80. The Labute approximate surface area is 166 Å². The maximum Gasteiger partial charge on any atom is 0.253 e. The monoisotopic (exact) mass is 374 g/mol. The SMILES string of the molecule is CCc1ccc(CN(C)C(=O)c2ccc(-c3ccc(CCO)cc3)cc2)nc1. The second kappa shape index (κ2) is 9.29. The minimum Gasteiger partial charge on any atom is -0.396 e. The number of carbonyl (C=O) groups is 1. The van der Waals surface area contributed by atoms with Gasteiger partial charge in [0.05, 0.1) is 12.2 Å². The van der Waals surface area contributed by atoms with Crippen LogP contribution in [0.3, 0.4) is 0 Å². The van der Waals surface area contributed by atoms with Gasteiger partial charge in [-0.2, -0.15) is 0 Å². The van der Waals surface area contributed by atoms with E-state index in [2.05, 4.69) is 18.0 Å². The molecule has 1 heterocycles. The zero-order chi connectivity index (χ0) is 19.9. The lowest BCUT2D eigenvalue weighted by atomic mass is 10.0. The Bertz CT molecular complexity index is 901. The Morgan fingerprint density at radius 1 is 0.929 bits per heavy atom. The first-order valence-corrected chi connectivity index (χ1v) is 9.60. The molecule has 1 amide bonds. The molecule has 1 N–H and O–H groups in total. The van der Waals surface area contributed by atoms with Gasteiger partial charge in [0.15, 0.2) is 0 Å². The van der Waals surface area contributed by atoms with Gasteiger partial charge < -0.3 is 10.0 Å². The second-order valence-corrected chi connectivity index (χ2v) is 6.92. The summed E-state index contributed by atoms with van der Waals surface area (Å²) in [5.74, 6) is -0.0220. The molecule has 0 saturated heterocycles. The first-order chi connectivity index (χ1) is 13.6. The van der Waals surface area contributed by atoms with Crippen LogP contribution in [0.1, 0.15) is 34.1 Å². The Kier molecular flexibility index (Phi) is 6.56. The largest absolute Gasteiger partial charge is 0.396 e.